The first-order valence-corrected chi connectivity index (χ1v) is 5.04. The van der Waals surface area contributed by atoms with Crippen LogP contribution >= 0.6 is 11.6 Å². The van der Waals surface area contributed by atoms with E-state index in [4.69, 9.17) is 16.7 Å². The third-order valence-corrected chi connectivity index (χ3v) is 2.41. The molecule has 16 heavy (non-hydrogen) atoms. The first kappa shape index (κ1) is 12.8. The number of halogens is 3. The van der Waals surface area contributed by atoms with Crippen molar-refractivity contribution in [3.8, 4) is 0 Å². The Morgan fingerprint density at radius 2 is 2.25 bits per heavy atom. The van der Waals surface area contributed by atoms with Crippen LogP contribution in [-0.4, -0.2) is 16.1 Å². The van der Waals surface area contributed by atoms with Gasteiger partial charge in [-0.2, -0.15) is 0 Å². The number of rotatable bonds is 4. The van der Waals surface area contributed by atoms with Crippen LogP contribution in [0.25, 0.3) is 0 Å². The van der Waals surface area contributed by atoms with Crippen molar-refractivity contribution < 1.29 is 18.7 Å². The van der Waals surface area contributed by atoms with Crippen LogP contribution in [0, 0.1) is 6.92 Å². The normalized spacial score (nSPS) is 10.8. The minimum Gasteiger partial charge on any atom is -0.481 e. The van der Waals surface area contributed by atoms with E-state index in [0.717, 1.165) is 6.07 Å². The third-order valence-electron chi connectivity index (χ3n) is 2.14. The van der Waals surface area contributed by atoms with E-state index in [2.05, 4.69) is 4.98 Å². The summed E-state index contributed by atoms with van der Waals surface area (Å²) in [6, 6.07) is 1.10. The second-order valence-electron chi connectivity index (χ2n) is 3.28. The molecule has 0 amide bonds. The smallest absolute Gasteiger partial charge is 0.307 e. The molecule has 0 aliphatic rings. The summed E-state index contributed by atoms with van der Waals surface area (Å²) >= 11 is 5.63. The van der Waals surface area contributed by atoms with Crippen molar-refractivity contribution in [2.24, 2.45) is 0 Å². The van der Waals surface area contributed by atoms with Crippen LogP contribution in [-0.2, 0) is 17.1 Å². The molecule has 0 atom stereocenters. The van der Waals surface area contributed by atoms with Crippen molar-refractivity contribution in [2.75, 3.05) is 0 Å². The Kier molecular flexibility index (Phi) is 4.18. The molecule has 0 fully saturated rings. The molecule has 1 heterocycles. The van der Waals surface area contributed by atoms with Gasteiger partial charge in [-0.15, -0.1) is 11.6 Å². The Morgan fingerprint density at radius 1 is 1.62 bits per heavy atom. The summed E-state index contributed by atoms with van der Waals surface area (Å²) in [5.41, 5.74) is 0.741. The summed E-state index contributed by atoms with van der Waals surface area (Å²) in [6.07, 6.45) is -3.04. The van der Waals surface area contributed by atoms with Crippen molar-refractivity contribution in [1.29, 1.82) is 0 Å². The fourth-order valence-electron chi connectivity index (χ4n) is 1.41. The van der Waals surface area contributed by atoms with Crippen molar-refractivity contribution in [2.45, 2.75) is 25.7 Å². The van der Waals surface area contributed by atoms with Gasteiger partial charge in [0, 0.05) is 11.6 Å². The highest BCUT2D eigenvalue weighted by molar-refractivity contribution is 6.17. The van der Waals surface area contributed by atoms with Crippen LogP contribution in [0.5, 0.6) is 0 Å². The third kappa shape index (κ3) is 2.88. The molecule has 0 aliphatic heterocycles. The second kappa shape index (κ2) is 5.21. The van der Waals surface area contributed by atoms with Crippen molar-refractivity contribution in [3.05, 3.63) is 28.6 Å². The maximum atomic E-state index is 12.5. The summed E-state index contributed by atoms with van der Waals surface area (Å²) in [6.45, 7) is 1.54. The first-order chi connectivity index (χ1) is 7.45. The van der Waals surface area contributed by atoms with E-state index >= 15 is 0 Å². The molecule has 1 aromatic heterocycles. The Bertz CT molecular complexity index is 410. The molecule has 0 saturated carbocycles. The topological polar surface area (TPSA) is 50.2 Å². The van der Waals surface area contributed by atoms with Crippen LogP contribution in [0.1, 0.15) is 28.9 Å². The molecule has 1 aromatic rings. The van der Waals surface area contributed by atoms with Crippen molar-refractivity contribution in [1.82, 2.24) is 4.98 Å². The van der Waals surface area contributed by atoms with E-state index in [0.29, 0.717) is 16.8 Å². The number of hydrogen-bond acceptors (Lipinski definition) is 2. The molecule has 0 aliphatic carbocycles. The van der Waals surface area contributed by atoms with Gasteiger partial charge in [-0.3, -0.25) is 9.78 Å². The lowest BCUT2D eigenvalue weighted by Gasteiger charge is -2.10. The number of carboxylic acid groups (broad SMARTS) is 1. The number of nitrogens with zero attached hydrogens (tertiary/aromatic N) is 1. The fraction of sp³-hybridized carbons (Fsp3) is 0.400. The summed E-state index contributed by atoms with van der Waals surface area (Å²) in [4.78, 5) is 14.3. The lowest BCUT2D eigenvalue weighted by Crippen LogP contribution is -2.07. The standard InChI is InChI=1S/C10H10ClF2NO2/c1-5-7(4-11)6(3-9(15)16)2-8(14-5)10(12)13/h2,10H,3-4H2,1H3,(H,15,16). The monoisotopic (exact) mass is 249 g/mol. The van der Waals surface area contributed by atoms with Gasteiger partial charge >= 0.3 is 5.97 Å². The lowest BCUT2D eigenvalue weighted by molar-refractivity contribution is -0.136. The number of aryl methyl sites for hydroxylation is 1. The number of aliphatic carboxylic acids is 1. The predicted octanol–water partition coefficient (Wildman–Crippen LogP) is 2.69. The van der Waals surface area contributed by atoms with E-state index < -0.39 is 18.1 Å². The highest BCUT2D eigenvalue weighted by Gasteiger charge is 2.16. The fourth-order valence-corrected chi connectivity index (χ4v) is 1.77. The minimum absolute atomic E-state index is 0.0605. The predicted molar refractivity (Wildman–Crippen MR) is 54.8 cm³/mol. The quantitative estimate of drug-likeness (QED) is 0.835. The summed E-state index contributed by atoms with van der Waals surface area (Å²) in [5, 5.41) is 8.66. The summed E-state index contributed by atoms with van der Waals surface area (Å²) in [5.74, 6) is -1.03. The van der Waals surface area contributed by atoms with Gasteiger partial charge in [0.15, 0.2) is 0 Å². The zero-order valence-corrected chi connectivity index (χ0v) is 9.26. The lowest BCUT2D eigenvalue weighted by atomic mass is 10.0. The molecule has 0 spiro atoms. The maximum absolute atomic E-state index is 12.5. The van der Waals surface area contributed by atoms with Crippen LogP contribution in [0.2, 0.25) is 0 Å². The highest BCUT2D eigenvalue weighted by atomic mass is 35.5. The Hall–Kier alpha value is -1.23. The largest absolute Gasteiger partial charge is 0.481 e. The second-order valence-corrected chi connectivity index (χ2v) is 3.54. The van der Waals surface area contributed by atoms with Gasteiger partial charge in [0.05, 0.1) is 6.42 Å². The molecular formula is C10H10ClF2NO2. The zero-order valence-electron chi connectivity index (χ0n) is 8.51. The number of pyridine rings is 1. The van der Waals surface area contributed by atoms with E-state index in [1.54, 1.807) is 0 Å². The average Bonchev–Trinajstić information content (AvgIpc) is 2.16. The Labute approximate surface area is 96.1 Å². The number of alkyl halides is 3. The van der Waals surface area contributed by atoms with Gasteiger partial charge < -0.3 is 5.11 Å². The molecule has 0 bridgehead atoms. The Morgan fingerprint density at radius 3 is 2.69 bits per heavy atom. The molecule has 1 rings (SSSR count). The highest BCUT2D eigenvalue weighted by Crippen LogP contribution is 2.23. The van der Waals surface area contributed by atoms with E-state index in [9.17, 15) is 13.6 Å². The van der Waals surface area contributed by atoms with Gasteiger partial charge in [-0.05, 0) is 24.1 Å². The van der Waals surface area contributed by atoms with Gasteiger partial charge in [0.25, 0.3) is 6.43 Å². The summed E-state index contributed by atoms with van der Waals surface area (Å²) < 4.78 is 24.9. The maximum Gasteiger partial charge on any atom is 0.307 e. The Balaban J connectivity index is 3.24. The molecular weight excluding hydrogens is 240 g/mol. The van der Waals surface area contributed by atoms with Crippen molar-refractivity contribution >= 4 is 17.6 Å². The van der Waals surface area contributed by atoms with Crippen LogP contribution in [0.4, 0.5) is 8.78 Å². The minimum atomic E-state index is -2.71. The van der Waals surface area contributed by atoms with E-state index in [1.807, 2.05) is 0 Å². The van der Waals surface area contributed by atoms with Crippen LogP contribution in [0.3, 0.4) is 0 Å². The molecule has 0 radical (unpaired) electrons. The molecule has 6 heteroatoms. The van der Waals surface area contributed by atoms with E-state index in [-0.39, 0.29) is 12.3 Å². The van der Waals surface area contributed by atoms with Crippen LogP contribution in [0.15, 0.2) is 6.07 Å². The number of aromatic nitrogens is 1. The van der Waals surface area contributed by atoms with Gasteiger partial charge in [-0.1, -0.05) is 0 Å². The SMILES string of the molecule is Cc1nc(C(F)F)cc(CC(=O)O)c1CCl. The molecule has 88 valence electrons. The van der Waals surface area contributed by atoms with E-state index in [1.165, 1.54) is 6.92 Å². The average molecular weight is 250 g/mol. The molecule has 0 saturated heterocycles. The number of carboxylic acids is 1. The molecule has 0 aromatic carbocycles. The van der Waals surface area contributed by atoms with Gasteiger partial charge in [-0.25, -0.2) is 8.78 Å². The number of carbonyl (C=O) groups is 1. The zero-order chi connectivity index (χ0) is 12.3. The van der Waals surface area contributed by atoms with Gasteiger partial charge in [0.2, 0.25) is 0 Å². The van der Waals surface area contributed by atoms with Crippen molar-refractivity contribution in [3.63, 3.8) is 0 Å². The van der Waals surface area contributed by atoms with Gasteiger partial charge in [0.1, 0.15) is 5.69 Å². The number of hydrogen-bond donors (Lipinski definition) is 1. The molecule has 0 unspecified atom stereocenters. The summed E-state index contributed by atoms with van der Waals surface area (Å²) in [7, 11) is 0. The van der Waals surface area contributed by atoms with Crippen LogP contribution < -0.4 is 0 Å². The first-order valence-electron chi connectivity index (χ1n) is 4.51. The molecule has 1 N–H and O–H groups in total. The molecule has 3 nitrogen and oxygen atoms in total.